The van der Waals surface area contributed by atoms with E-state index >= 15 is 0 Å². The maximum absolute atomic E-state index is 11.4. The molecule has 0 aromatic heterocycles. The van der Waals surface area contributed by atoms with Crippen LogP contribution in [0, 0.1) is 22.7 Å². The third-order valence-electron chi connectivity index (χ3n) is 7.46. The molecule has 2 rings (SSSR count). The minimum absolute atomic E-state index is 0.0105. The number of carbonyl (C=O) groups excluding carboxylic acids is 1. The van der Waals surface area contributed by atoms with Crippen molar-refractivity contribution >= 4 is 5.97 Å². The van der Waals surface area contributed by atoms with Gasteiger partial charge in [0.25, 0.3) is 0 Å². The molecule has 0 bridgehead atoms. The summed E-state index contributed by atoms with van der Waals surface area (Å²) in [6.45, 7) is 10.7. The van der Waals surface area contributed by atoms with E-state index in [0.717, 1.165) is 44.9 Å². The predicted molar refractivity (Wildman–Crippen MR) is 104 cm³/mol. The number of aliphatic hydroxyl groups is 2. The van der Waals surface area contributed by atoms with Crippen LogP contribution in [0.15, 0.2) is 11.6 Å². The maximum atomic E-state index is 11.4. The maximum Gasteiger partial charge on any atom is 0.302 e. The summed E-state index contributed by atoms with van der Waals surface area (Å²) in [6, 6.07) is 0. The molecule has 2 saturated carbocycles. The van der Waals surface area contributed by atoms with Crippen molar-refractivity contribution in [2.75, 3.05) is 13.2 Å². The fourth-order valence-corrected chi connectivity index (χ4v) is 6.14. The average molecular weight is 367 g/mol. The van der Waals surface area contributed by atoms with Crippen molar-refractivity contribution in [3.63, 3.8) is 0 Å². The smallest absolute Gasteiger partial charge is 0.302 e. The standard InChI is InChI=1S/C22H38O4/c1-16(10-14-23)7-8-19-21(4)12-6-11-20(3,15-26-17(2)24)18(21)9-13-22(19,5)25/h10,18-19,23,25H,6-9,11-15H2,1-5H3. The van der Waals surface area contributed by atoms with Crippen LogP contribution in [0.4, 0.5) is 0 Å². The first kappa shape index (κ1) is 21.4. The van der Waals surface area contributed by atoms with Gasteiger partial charge in [-0.2, -0.15) is 0 Å². The molecule has 150 valence electrons. The Hall–Kier alpha value is -0.870. The molecule has 4 nitrogen and oxygen atoms in total. The van der Waals surface area contributed by atoms with E-state index in [9.17, 15) is 9.90 Å². The molecule has 0 aliphatic heterocycles. The van der Waals surface area contributed by atoms with E-state index in [4.69, 9.17) is 9.84 Å². The lowest BCUT2D eigenvalue weighted by atomic mass is 9.45. The van der Waals surface area contributed by atoms with E-state index in [1.54, 1.807) is 0 Å². The van der Waals surface area contributed by atoms with Crippen molar-refractivity contribution in [3.05, 3.63) is 11.6 Å². The summed E-state index contributed by atoms with van der Waals surface area (Å²) in [5.74, 6) is 0.464. The highest BCUT2D eigenvalue weighted by atomic mass is 16.5. The molecule has 0 heterocycles. The SMILES string of the molecule is CC(=O)OCC1(C)CCCC2(C)C(CCC(C)=CCO)C(C)(O)CCC12. The number of allylic oxidation sites excluding steroid dienone is 1. The molecule has 2 N–H and O–H groups in total. The molecule has 0 spiro atoms. The second kappa shape index (κ2) is 8.02. The Kier molecular flexibility index (Phi) is 6.61. The predicted octanol–water partition coefficient (Wildman–Crippen LogP) is 4.24. The summed E-state index contributed by atoms with van der Waals surface area (Å²) in [7, 11) is 0. The largest absolute Gasteiger partial charge is 0.465 e. The zero-order valence-corrected chi connectivity index (χ0v) is 17.3. The molecule has 0 aromatic rings. The van der Waals surface area contributed by atoms with Crippen molar-refractivity contribution in [2.24, 2.45) is 22.7 Å². The topological polar surface area (TPSA) is 66.8 Å². The number of fused-ring (bicyclic) bond motifs is 1. The summed E-state index contributed by atoms with van der Waals surface area (Å²) in [5, 5.41) is 20.3. The van der Waals surface area contributed by atoms with Gasteiger partial charge in [-0.1, -0.05) is 31.9 Å². The number of aliphatic hydroxyl groups excluding tert-OH is 1. The highest BCUT2D eigenvalue weighted by Crippen LogP contribution is 2.63. The summed E-state index contributed by atoms with van der Waals surface area (Å²) < 4.78 is 5.46. The number of ether oxygens (including phenoxy) is 1. The lowest BCUT2D eigenvalue weighted by Crippen LogP contribution is -2.59. The Morgan fingerprint density at radius 2 is 1.88 bits per heavy atom. The highest BCUT2D eigenvalue weighted by molar-refractivity contribution is 5.65. The molecule has 2 aliphatic carbocycles. The summed E-state index contributed by atoms with van der Waals surface area (Å²) in [6.07, 6.45) is 8.82. The van der Waals surface area contributed by atoms with Crippen LogP contribution >= 0.6 is 0 Å². The summed E-state index contributed by atoms with van der Waals surface area (Å²) in [5.41, 5.74) is 0.565. The minimum atomic E-state index is -0.662. The monoisotopic (exact) mass is 366 g/mol. The Labute approximate surface area is 159 Å². The lowest BCUT2D eigenvalue weighted by Gasteiger charge is -2.61. The number of hydrogen-bond donors (Lipinski definition) is 2. The van der Waals surface area contributed by atoms with Gasteiger partial charge in [0, 0.05) is 12.3 Å². The van der Waals surface area contributed by atoms with Crippen LogP contribution in [0.25, 0.3) is 0 Å². The van der Waals surface area contributed by atoms with E-state index in [1.165, 1.54) is 12.5 Å². The molecule has 5 unspecified atom stereocenters. The first-order valence-electron chi connectivity index (χ1n) is 10.2. The second-order valence-corrected chi connectivity index (χ2v) is 9.57. The third kappa shape index (κ3) is 4.33. The summed E-state index contributed by atoms with van der Waals surface area (Å²) in [4.78, 5) is 11.4. The second-order valence-electron chi connectivity index (χ2n) is 9.57. The zero-order chi connectivity index (χ0) is 19.6. The van der Waals surface area contributed by atoms with Crippen LogP contribution in [-0.2, 0) is 9.53 Å². The Balaban J connectivity index is 2.26. The van der Waals surface area contributed by atoms with E-state index in [1.807, 2.05) is 13.0 Å². The number of esters is 1. The number of carbonyl (C=O) groups is 1. The number of rotatable bonds is 6. The van der Waals surface area contributed by atoms with Gasteiger partial charge in [-0.15, -0.1) is 0 Å². The van der Waals surface area contributed by atoms with Crippen LogP contribution in [-0.4, -0.2) is 35.0 Å². The van der Waals surface area contributed by atoms with Gasteiger partial charge in [0.05, 0.1) is 18.8 Å². The van der Waals surface area contributed by atoms with Crippen molar-refractivity contribution in [2.45, 2.75) is 85.2 Å². The van der Waals surface area contributed by atoms with Gasteiger partial charge in [0.2, 0.25) is 0 Å². The number of hydrogen-bond acceptors (Lipinski definition) is 4. The zero-order valence-electron chi connectivity index (χ0n) is 17.3. The Morgan fingerprint density at radius 1 is 1.19 bits per heavy atom. The molecular formula is C22H38O4. The van der Waals surface area contributed by atoms with Gasteiger partial charge in [-0.25, -0.2) is 0 Å². The molecule has 2 fully saturated rings. The minimum Gasteiger partial charge on any atom is -0.465 e. The van der Waals surface area contributed by atoms with Gasteiger partial charge in [-0.3, -0.25) is 4.79 Å². The van der Waals surface area contributed by atoms with Gasteiger partial charge in [-0.05, 0) is 69.6 Å². The van der Waals surface area contributed by atoms with E-state index in [2.05, 4.69) is 20.8 Å². The van der Waals surface area contributed by atoms with E-state index < -0.39 is 5.60 Å². The van der Waals surface area contributed by atoms with Gasteiger partial charge in [0.1, 0.15) is 0 Å². The highest BCUT2D eigenvalue weighted by Gasteiger charge is 2.59. The van der Waals surface area contributed by atoms with Gasteiger partial charge < -0.3 is 14.9 Å². The van der Waals surface area contributed by atoms with Crippen LogP contribution in [0.1, 0.15) is 79.6 Å². The Morgan fingerprint density at radius 3 is 2.50 bits per heavy atom. The molecule has 0 amide bonds. The molecule has 0 saturated heterocycles. The van der Waals surface area contributed by atoms with Crippen molar-refractivity contribution < 1.29 is 19.7 Å². The van der Waals surface area contributed by atoms with Gasteiger partial charge in [0.15, 0.2) is 0 Å². The molecule has 4 heteroatoms. The molecular weight excluding hydrogens is 328 g/mol. The first-order valence-corrected chi connectivity index (χ1v) is 10.2. The molecule has 0 aromatic carbocycles. The first-order chi connectivity index (χ1) is 12.0. The molecule has 0 radical (unpaired) electrons. The van der Waals surface area contributed by atoms with E-state index in [0.29, 0.717) is 12.5 Å². The van der Waals surface area contributed by atoms with Crippen LogP contribution in [0.3, 0.4) is 0 Å². The summed E-state index contributed by atoms with van der Waals surface area (Å²) >= 11 is 0. The van der Waals surface area contributed by atoms with Crippen LogP contribution < -0.4 is 0 Å². The normalized spacial score (nSPS) is 40.8. The molecule has 26 heavy (non-hydrogen) atoms. The fourth-order valence-electron chi connectivity index (χ4n) is 6.14. The average Bonchev–Trinajstić information content (AvgIpc) is 2.52. The van der Waals surface area contributed by atoms with Crippen LogP contribution in [0.2, 0.25) is 0 Å². The Bertz CT molecular complexity index is 538. The fraction of sp³-hybridized carbons (Fsp3) is 0.864. The van der Waals surface area contributed by atoms with Gasteiger partial charge >= 0.3 is 5.97 Å². The molecule has 5 atom stereocenters. The molecule has 2 aliphatic rings. The van der Waals surface area contributed by atoms with Crippen molar-refractivity contribution in [3.8, 4) is 0 Å². The van der Waals surface area contributed by atoms with Crippen molar-refractivity contribution in [1.82, 2.24) is 0 Å². The van der Waals surface area contributed by atoms with E-state index in [-0.39, 0.29) is 29.3 Å². The van der Waals surface area contributed by atoms with Crippen LogP contribution in [0.5, 0.6) is 0 Å². The lowest BCUT2D eigenvalue weighted by molar-refractivity contribution is -0.186. The quantitative estimate of drug-likeness (QED) is 0.545. The van der Waals surface area contributed by atoms with Crippen molar-refractivity contribution in [1.29, 1.82) is 0 Å². The third-order valence-corrected chi connectivity index (χ3v) is 7.46.